The van der Waals surface area contributed by atoms with Gasteiger partial charge in [-0.2, -0.15) is 0 Å². The van der Waals surface area contributed by atoms with Crippen LogP contribution in [0, 0.1) is 5.82 Å². The molecule has 0 aliphatic carbocycles. The summed E-state index contributed by atoms with van der Waals surface area (Å²) in [5.74, 6) is 0.271. The molecule has 0 spiro atoms. The number of methoxy groups -OCH3 is 1. The molecule has 1 N–H and O–H groups in total. The maximum absolute atomic E-state index is 13.7. The van der Waals surface area contributed by atoms with Crippen LogP contribution in [0.4, 0.5) is 10.1 Å². The molecule has 2 aromatic rings. The molecule has 0 heterocycles. The highest BCUT2D eigenvalue weighted by atomic mass is 32.2. The number of nitrogens with one attached hydrogen (secondary N) is 1. The lowest BCUT2D eigenvalue weighted by Gasteiger charge is -2.30. The van der Waals surface area contributed by atoms with Gasteiger partial charge < -0.3 is 4.74 Å². The van der Waals surface area contributed by atoms with Crippen molar-refractivity contribution >= 4 is 15.7 Å². The van der Waals surface area contributed by atoms with Crippen molar-refractivity contribution in [1.29, 1.82) is 0 Å². The molecule has 0 saturated heterocycles. The Morgan fingerprint density at radius 3 is 2.00 bits per heavy atom. The minimum absolute atomic E-state index is 0.145. The molecule has 0 fully saturated rings. The van der Waals surface area contributed by atoms with E-state index < -0.39 is 15.8 Å². The summed E-state index contributed by atoms with van der Waals surface area (Å²) in [6.45, 7) is 15.8. The van der Waals surface area contributed by atoms with Crippen LogP contribution in [0.5, 0.6) is 5.75 Å². The van der Waals surface area contributed by atoms with E-state index in [-0.39, 0.29) is 15.7 Å². The van der Waals surface area contributed by atoms with Crippen LogP contribution >= 0.6 is 0 Å². The summed E-state index contributed by atoms with van der Waals surface area (Å²) in [4.78, 5) is 0.145. The van der Waals surface area contributed by atoms with E-state index in [1.54, 1.807) is 25.3 Å². The van der Waals surface area contributed by atoms with Gasteiger partial charge in [-0.05, 0) is 53.1 Å². The van der Waals surface area contributed by atoms with E-state index in [1.165, 1.54) is 18.2 Å². The zero-order valence-corrected chi connectivity index (χ0v) is 19.7. The summed E-state index contributed by atoms with van der Waals surface area (Å²) in [5.41, 5.74) is 1.81. The lowest BCUT2D eigenvalue weighted by molar-refractivity contribution is 0.380. The minimum Gasteiger partial charge on any atom is -0.496 e. The molecule has 0 aliphatic rings. The van der Waals surface area contributed by atoms with E-state index >= 15 is 0 Å². The molecule has 0 aliphatic heterocycles. The maximum atomic E-state index is 13.7. The number of anilines is 1. The van der Waals surface area contributed by atoms with Gasteiger partial charge in [0, 0.05) is 11.1 Å². The zero-order valence-electron chi connectivity index (χ0n) is 18.9. The molecule has 0 radical (unpaired) electrons. The first kappa shape index (κ1) is 23.9. The molecule has 0 aromatic heterocycles. The lowest BCUT2D eigenvalue weighted by atomic mass is 9.79. The Morgan fingerprint density at radius 1 is 1.03 bits per heavy atom. The topological polar surface area (TPSA) is 55.4 Å². The van der Waals surface area contributed by atoms with Crippen LogP contribution in [0.25, 0.3) is 0 Å². The fourth-order valence-electron chi connectivity index (χ4n) is 3.28. The molecular formula is C24H32FNO3S. The predicted molar refractivity (Wildman–Crippen MR) is 122 cm³/mol. The van der Waals surface area contributed by atoms with Crippen molar-refractivity contribution < 1.29 is 17.5 Å². The fraction of sp³-hybridized carbons (Fsp3) is 0.417. The summed E-state index contributed by atoms with van der Waals surface area (Å²) in [6.07, 6.45) is 1.95. The van der Waals surface area contributed by atoms with Gasteiger partial charge in [0.1, 0.15) is 11.6 Å². The van der Waals surface area contributed by atoms with Crippen molar-refractivity contribution in [3.63, 3.8) is 0 Å². The summed E-state index contributed by atoms with van der Waals surface area (Å²) < 4.78 is 48.7. The molecular weight excluding hydrogens is 401 g/mol. The highest BCUT2D eigenvalue weighted by molar-refractivity contribution is 7.92. The lowest BCUT2D eigenvalue weighted by Crippen LogP contribution is -2.22. The van der Waals surface area contributed by atoms with Crippen LogP contribution in [0.2, 0.25) is 0 Å². The third kappa shape index (κ3) is 5.22. The van der Waals surface area contributed by atoms with Gasteiger partial charge in [-0.25, -0.2) is 12.8 Å². The number of rotatable bonds is 6. The monoisotopic (exact) mass is 433 g/mol. The number of ether oxygens (including phenoxy) is 1. The molecule has 0 bridgehead atoms. The van der Waals surface area contributed by atoms with E-state index in [0.29, 0.717) is 23.4 Å². The van der Waals surface area contributed by atoms with Gasteiger partial charge in [-0.1, -0.05) is 47.6 Å². The molecule has 0 saturated carbocycles. The second kappa shape index (κ2) is 8.42. The molecule has 164 valence electrons. The molecule has 2 rings (SSSR count). The smallest absolute Gasteiger partial charge is 0.261 e. The Labute approximate surface area is 180 Å². The van der Waals surface area contributed by atoms with Crippen LogP contribution in [0.1, 0.15) is 58.2 Å². The summed E-state index contributed by atoms with van der Waals surface area (Å²) in [6, 6.07) is 7.30. The molecule has 0 unspecified atom stereocenters. The molecule has 0 amide bonds. The molecule has 6 heteroatoms. The quantitative estimate of drug-likeness (QED) is 0.572. The SMILES string of the molecule is C=CCc1cc(F)ccc1NS(=O)(=O)c1cc(C(C)(C)C)c(OC)c(C(C)(C)C)c1. The van der Waals surface area contributed by atoms with Crippen molar-refractivity contribution in [2.75, 3.05) is 11.8 Å². The van der Waals surface area contributed by atoms with Crippen molar-refractivity contribution in [2.45, 2.75) is 63.7 Å². The normalized spacial score (nSPS) is 12.5. The number of sulfonamides is 1. The molecule has 4 nitrogen and oxygen atoms in total. The largest absolute Gasteiger partial charge is 0.496 e. The number of hydrogen-bond donors (Lipinski definition) is 1. The average Bonchev–Trinajstić information content (AvgIpc) is 2.61. The van der Waals surface area contributed by atoms with Crippen molar-refractivity contribution in [3.05, 3.63) is 65.5 Å². The van der Waals surface area contributed by atoms with Crippen molar-refractivity contribution in [3.8, 4) is 5.75 Å². The Kier molecular flexibility index (Phi) is 6.72. The van der Waals surface area contributed by atoms with Crippen LogP contribution in [0.15, 0.2) is 47.9 Å². The van der Waals surface area contributed by atoms with E-state index in [9.17, 15) is 12.8 Å². The Morgan fingerprint density at radius 2 is 1.57 bits per heavy atom. The number of allylic oxidation sites excluding steroid dienone is 1. The zero-order chi connectivity index (χ0) is 22.9. The van der Waals surface area contributed by atoms with Gasteiger partial charge >= 0.3 is 0 Å². The highest BCUT2D eigenvalue weighted by Crippen LogP contribution is 2.41. The fourth-order valence-corrected chi connectivity index (χ4v) is 4.43. The Balaban J connectivity index is 2.69. The second-order valence-corrected chi connectivity index (χ2v) is 11.1. The third-order valence-corrected chi connectivity index (χ3v) is 6.21. The van der Waals surface area contributed by atoms with Gasteiger partial charge in [0.25, 0.3) is 10.0 Å². The van der Waals surface area contributed by atoms with Gasteiger partial charge in [0.15, 0.2) is 0 Å². The number of halogens is 1. The van der Waals surface area contributed by atoms with Gasteiger partial charge in [0.05, 0.1) is 17.7 Å². The van der Waals surface area contributed by atoms with Crippen LogP contribution in [0.3, 0.4) is 0 Å². The first-order valence-corrected chi connectivity index (χ1v) is 11.3. The summed E-state index contributed by atoms with van der Waals surface area (Å²) in [5, 5.41) is 0. The molecule has 0 atom stereocenters. The number of hydrogen-bond acceptors (Lipinski definition) is 3. The Bertz CT molecular complexity index is 1010. The maximum Gasteiger partial charge on any atom is 0.261 e. The van der Waals surface area contributed by atoms with E-state index in [2.05, 4.69) is 11.3 Å². The first-order chi connectivity index (χ1) is 13.7. The third-order valence-electron chi connectivity index (χ3n) is 4.87. The standard InChI is InChI=1S/C24H32FNO3S/c1-9-10-16-13-17(25)11-12-21(16)26-30(27,28)18-14-19(23(2,3)4)22(29-8)20(15-18)24(5,6)7/h9,11-15,26H,1,10H2,2-8H3. The minimum atomic E-state index is -3.92. The van der Waals surface area contributed by atoms with Crippen LogP contribution in [-0.2, 0) is 27.3 Å². The summed E-state index contributed by atoms with van der Waals surface area (Å²) in [7, 11) is -2.32. The van der Waals surface area contributed by atoms with Crippen LogP contribution < -0.4 is 9.46 Å². The van der Waals surface area contributed by atoms with Gasteiger partial charge in [-0.3, -0.25) is 4.72 Å². The van der Waals surface area contributed by atoms with Crippen molar-refractivity contribution in [1.82, 2.24) is 0 Å². The molecule has 30 heavy (non-hydrogen) atoms. The molecule has 2 aromatic carbocycles. The van der Waals surface area contributed by atoms with E-state index in [0.717, 1.165) is 11.1 Å². The van der Waals surface area contributed by atoms with Crippen molar-refractivity contribution in [2.24, 2.45) is 0 Å². The van der Waals surface area contributed by atoms with Crippen LogP contribution in [-0.4, -0.2) is 15.5 Å². The Hall–Kier alpha value is -2.34. The number of benzene rings is 2. The van der Waals surface area contributed by atoms with E-state index in [1.807, 2.05) is 41.5 Å². The first-order valence-electron chi connectivity index (χ1n) is 9.86. The second-order valence-electron chi connectivity index (χ2n) is 9.45. The average molecular weight is 434 g/mol. The predicted octanol–water partition coefficient (Wildman–Crippen LogP) is 5.96. The van der Waals surface area contributed by atoms with Gasteiger partial charge in [0.2, 0.25) is 0 Å². The highest BCUT2D eigenvalue weighted by Gasteiger charge is 2.30. The van der Waals surface area contributed by atoms with Gasteiger partial charge in [-0.15, -0.1) is 6.58 Å². The summed E-state index contributed by atoms with van der Waals surface area (Å²) >= 11 is 0. The van der Waals surface area contributed by atoms with E-state index in [4.69, 9.17) is 4.74 Å².